The minimum absolute atomic E-state index is 0.0269. The Kier molecular flexibility index (Phi) is 6.83. The average Bonchev–Trinajstić information content (AvgIpc) is 3.39. The highest BCUT2D eigenvalue weighted by molar-refractivity contribution is 5.95. The Bertz CT molecular complexity index is 1240. The zero-order chi connectivity index (χ0) is 24.9. The maximum Gasteiger partial charge on any atom is 0.254 e. The van der Waals surface area contributed by atoms with E-state index >= 15 is 0 Å². The first-order valence-electron chi connectivity index (χ1n) is 11.9. The summed E-state index contributed by atoms with van der Waals surface area (Å²) in [6.07, 6.45) is 0. The molecule has 186 valence electrons. The normalized spacial score (nSPS) is 14.5. The zero-order valence-corrected chi connectivity index (χ0v) is 20.1. The molecule has 2 aliphatic heterocycles. The number of fused-ring (bicyclic) bond motifs is 1. The van der Waals surface area contributed by atoms with Crippen LogP contribution in [0.5, 0.6) is 11.5 Å². The maximum absolute atomic E-state index is 13.1. The van der Waals surface area contributed by atoms with Gasteiger partial charge in [-0.05, 0) is 18.2 Å². The van der Waals surface area contributed by atoms with Gasteiger partial charge in [0.2, 0.25) is 12.7 Å². The molecule has 3 aromatic rings. The SMILES string of the molecule is CC(=O)NCCNc1cc(N2CCN(C(=O)c3ccc4c(c3)OCO4)CC2)nc(-c2ccccc2)n1. The molecular weight excluding hydrogens is 460 g/mol. The predicted molar refractivity (Wildman–Crippen MR) is 135 cm³/mol. The van der Waals surface area contributed by atoms with E-state index in [1.165, 1.54) is 6.92 Å². The minimum atomic E-state index is -0.0710. The fraction of sp³-hybridized carbons (Fsp3) is 0.308. The Morgan fingerprint density at radius 3 is 2.47 bits per heavy atom. The smallest absolute Gasteiger partial charge is 0.254 e. The molecule has 0 bridgehead atoms. The van der Waals surface area contributed by atoms with Gasteiger partial charge in [-0.1, -0.05) is 30.3 Å². The van der Waals surface area contributed by atoms with Gasteiger partial charge >= 0.3 is 0 Å². The maximum atomic E-state index is 13.1. The third-order valence-corrected chi connectivity index (χ3v) is 6.06. The number of piperazine rings is 1. The molecule has 0 radical (unpaired) electrons. The van der Waals surface area contributed by atoms with Crippen LogP contribution in [0, 0.1) is 0 Å². The van der Waals surface area contributed by atoms with Crippen molar-refractivity contribution < 1.29 is 19.1 Å². The molecule has 3 heterocycles. The highest BCUT2D eigenvalue weighted by Crippen LogP contribution is 2.33. The van der Waals surface area contributed by atoms with Crippen molar-refractivity contribution in [2.45, 2.75) is 6.92 Å². The number of anilines is 2. The van der Waals surface area contributed by atoms with Crippen LogP contribution in [-0.4, -0.2) is 72.7 Å². The van der Waals surface area contributed by atoms with Gasteiger partial charge in [-0.2, -0.15) is 0 Å². The van der Waals surface area contributed by atoms with Crippen LogP contribution in [0.15, 0.2) is 54.6 Å². The van der Waals surface area contributed by atoms with Gasteiger partial charge in [-0.15, -0.1) is 0 Å². The molecule has 2 aliphatic rings. The quantitative estimate of drug-likeness (QED) is 0.488. The van der Waals surface area contributed by atoms with Crippen LogP contribution in [-0.2, 0) is 4.79 Å². The van der Waals surface area contributed by atoms with E-state index in [0.29, 0.717) is 68.0 Å². The Labute approximate surface area is 209 Å². The van der Waals surface area contributed by atoms with Gasteiger partial charge in [0.05, 0.1) is 0 Å². The van der Waals surface area contributed by atoms with Gasteiger partial charge in [0, 0.05) is 63.4 Å². The van der Waals surface area contributed by atoms with E-state index in [9.17, 15) is 9.59 Å². The molecule has 0 spiro atoms. The fourth-order valence-corrected chi connectivity index (χ4v) is 4.18. The first-order valence-corrected chi connectivity index (χ1v) is 11.9. The third-order valence-electron chi connectivity index (χ3n) is 6.06. The Morgan fingerprint density at radius 2 is 1.69 bits per heavy atom. The molecular formula is C26H28N6O4. The van der Waals surface area contributed by atoms with Gasteiger partial charge < -0.3 is 29.9 Å². The number of carbonyl (C=O) groups is 2. The summed E-state index contributed by atoms with van der Waals surface area (Å²) in [6, 6.07) is 17.0. The predicted octanol–water partition coefficient (Wildman–Crippen LogP) is 2.38. The number of aromatic nitrogens is 2. The van der Waals surface area contributed by atoms with Crippen molar-refractivity contribution in [2.24, 2.45) is 0 Å². The van der Waals surface area contributed by atoms with Crippen LogP contribution in [0.1, 0.15) is 17.3 Å². The molecule has 2 aromatic carbocycles. The van der Waals surface area contributed by atoms with Crippen molar-refractivity contribution in [1.82, 2.24) is 20.2 Å². The summed E-state index contributed by atoms with van der Waals surface area (Å²) in [6.45, 7) is 5.15. The molecule has 2 amide bonds. The van der Waals surface area contributed by atoms with E-state index in [4.69, 9.17) is 14.5 Å². The van der Waals surface area contributed by atoms with E-state index in [2.05, 4.69) is 20.5 Å². The highest BCUT2D eigenvalue weighted by Gasteiger charge is 2.25. The molecule has 2 N–H and O–H groups in total. The molecule has 10 nitrogen and oxygen atoms in total. The van der Waals surface area contributed by atoms with Crippen LogP contribution >= 0.6 is 0 Å². The van der Waals surface area contributed by atoms with Gasteiger partial charge in [-0.3, -0.25) is 9.59 Å². The second kappa shape index (κ2) is 10.5. The van der Waals surface area contributed by atoms with E-state index in [1.54, 1.807) is 18.2 Å². The molecule has 1 aromatic heterocycles. The average molecular weight is 489 g/mol. The molecule has 0 atom stereocenters. The summed E-state index contributed by atoms with van der Waals surface area (Å²) in [7, 11) is 0. The first-order chi connectivity index (χ1) is 17.6. The second-order valence-corrected chi connectivity index (χ2v) is 8.56. The Morgan fingerprint density at radius 1 is 0.917 bits per heavy atom. The van der Waals surface area contributed by atoms with Crippen molar-refractivity contribution in [2.75, 3.05) is 56.3 Å². The summed E-state index contributed by atoms with van der Waals surface area (Å²) < 4.78 is 10.8. The van der Waals surface area contributed by atoms with Crippen molar-refractivity contribution >= 4 is 23.5 Å². The summed E-state index contributed by atoms with van der Waals surface area (Å²) in [4.78, 5) is 37.7. The van der Waals surface area contributed by atoms with Gasteiger partial charge in [0.25, 0.3) is 5.91 Å². The summed E-state index contributed by atoms with van der Waals surface area (Å²) >= 11 is 0. The first kappa shape index (κ1) is 23.4. The van der Waals surface area contributed by atoms with E-state index in [-0.39, 0.29) is 18.6 Å². The molecule has 0 aliphatic carbocycles. The number of rotatable bonds is 7. The summed E-state index contributed by atoms with van der Waals surface area (Å²) in [5.74, 6) is 3.26. The number of nitrogens with one attached hydrogen (secondary N) is 2. The standard InChI is InChI=1S/C26H28N6O4/c1-18(33)27-9-10-28-23-16-24(30-25(29-23)19-5-3-2-4-6-19)31-11-13-32(14-12-31)26(34)20-7-8-21-22(15-20)36-17-35-21/h2-8,15-16H,9-14,17H2,1H3,(H,27,33)(H,28,29,30). The molecule has 1 fully saturated rings. The molecule has 36 heavy (non-hydrogen) atoms. The van der Waals surface area contributed by atoms with Crippen molar-refractivity contribution in [1.29, 1.82) is 0 Å². The van der Waals surface area contributed by atoms with Crippen LogP contribution in [0.3, 0.4) is 0 Å². The van der Waals surface area contributed by atoms with Gasteiger partial charge in [-0.25, -0.2) is 9.97 Å². The Hall–Kier alpha value is -4.34. The number of nitrogens with zero attached hydrogens (tertiary/aromatic N) is 4. The number of benzene rings is 2. The second-order valence-electron chi connectivity index (χ2n) is 8.56. The summed E-state index contributed by atoms with van der Waals surface area (Å²) in [5.41, 5.74) is 1.51. The number of ether oxygens (including phenoxy) is 2. The molecule has 10 heteroatoms. The van der Waals surface area contributed by atoms with E-state index < -0.39 is 0 Å². The van der Waals surface area contributed by atoms with Gasteiger partial charge in [0.15, 0.2) is 17.3 Å². The van der Waals surface area contributed by atoms with Crippen molar-refractivity contribution in [3.63, 3.8) is 0 Å². The monoisotopic (exact) mass is 488 g/mol. The number of hydrogen-bond acceptors (Lipinski definition) is 8. The number of amides is 2. The van der Waals surface area contributed by atoms with Crippen LogP contribution < -0.4 is 25.0 Å². The van der Waals surface area contributed by atoms with Crippen molar-refractivity contribution in [3.8, 4) is 22.9 Å². The lowest BCUT2D eigenvalue weighted by molar-refractivity contribution is -0.118. The summed E-state index contributed by atoms with van der Waals surface area (Å²) in [5, 5.41) is 6.05. The topological polar surface area (TPSA) is 109 Å². The number of carbonyl (C=O) groups excluding carboxylic acids is 2. The van der Waals surface area contributed by atoms with Crippen LogP contribution in [0.2, 0.25) is 0 Å². The molecule has 0 saturated carbocycles. The largest absolute Gasteiger partial charge is 0.454 e. The lowest BCUT2D eigenvalue weighted by Gasteiger charge is -2.35. The van der Waals surface area contributed by atoms with Crippen molar-refractivity contribution in [3.05, 3.63) is 60.2 Å². The van der Waals surface area contributed by atoms with E-state index in [1.807, 2.05) is 41.3 Å². The fourth-order valence-electron chi connectivity index (χ4n) is 4.18. The Balaban J connectivity index is 1.29. The van der Waals surface area contributed by atoms with Crippen LogP contribution in [0.25, 0.3) is 11.4 Å². The van der Waals surface area contributed by atoms with Crippen LogP contribution in [0.4, 0.5) is 11.6 Å². The molecule has 0 unspecified atom stereocenters. The third kappa shape index (κ3) is 5.32. The lowest BCUT2D eigenvalue weighted by Crippen LogP contribution is -2.49. The highest BCUT2D eigenvalue weighted by atomic mass is 16.7. The van der Waals surface area contributed by atoms with E-state index in [0.717, 1.165) is 11.4 Å². The molecule has 5 rings (SSSR count). The lowest BCUT2D eigenvalue weighted by atomic mass is 10.1. The number of hydrogen-bond donors (Lipinski definition) is 2. The zero-order valence-electron chi connectivity index (χ0n) is 20.1. The molecule has 1 saturated heterocycles. The van der Waals surface area contributed by atoms with Gasteiger partial charge in [0.1, 0.15) is 11.6 Å². The minimum Gasteiger partial charge on any atom is -0.454 e.